The summed E-state index contributed by atoms with van der Waals surface area (Å²) in [6, 6.07) is 3.81. The van der Waals surface area contributed by atoms with Crippen LogP contribution in [0.2, 0.25) is 0 Å². The van der Waals surface area contributed by atoms with Gasteiger partial charge in [0.15, 0.2) is 0 Å². The second-order valence-corrected chi connectivity index (χ2v) is 3.82. The summed E-state index contributed by atoms with van der Waals surface area (Å²) in [5.74, 6) is 0. The van der Waals surface area contributed by atoms with Crippen LogP contribution in [-0.2, 0) is 0 Å². The molecule has 0 radical (unpaired) electrons. The third kappa shape index (κ3) is 2.43. The van der Waals surface area contributed by atoms with E-state index in [1.165, 1.54) is 0 Å². The summed E-state index contributed by atoms with van der Waals surface area (Å²) in [5.41, 5.74) is 2.97. The van der Waals surface area contributed by atoms with Gasteiger partial charge in [-0.25, -0.2) is 0 Å². The Balaban J connectivity index is 3.28. The van der Waals surface area contributed by atoms with Gasteiger partial charge >= 0.3 is 0 Å². The van der Waals surface area contributed by atoms with E-state index >= 15 is 0 Å². The Kier molecular flexibility index (Phi) is 3.84. The predicted molar refractivity (Wildman–Crippen MR) is 62.1 cm³/mol. The highest BCUT2D eigenvalue weighted by molar-refractivity contribution is 8.03. The number of isothiocyanates is 1. The first-order chi connectivity index (χ1) is 6.69. The maximum atomic E-state index is 8.55. The molecule has 0 saturated carbocycles. The van der Waals surface area contributed by atoms with Crippen molar-refractivity contribution in [3.8, 4) is 5.40 Å². The fourth-order valence-corrected chi connectivity index (χ4v) is 1.70. The van der Waals surface area contributed by atoms with Crippen molar-refractivity contribution in [1.29, 1.82) is 5.26 Å². The number of nitriles is 1. The molecule has 1 aromatic carbocycles. The third-order valence-electron chi connectivity index (χ3n) is 1.94. The van der Waals surface area contributed by atoms with Gasteiger partial charge in [-0.05, 0) is 61.1 Å². The normalized spacial score (nSPS) is 8.93. The quantitative estimate of drug-likeness (QED) is 0.330. The minimum Gasteiger partial charge on any atom is -0.194 e. The number of hydrogen-bond donors (Lipinski definition) is 0. The first kappa shape index (κ1) is 10.9. The van der Waals surface area contributed by atoms with Crippen LogP contribution in [0.25, 0.3) is 0 Å². The Morgan fingerprint density at radius 1 is 1.43 bits per heavy atom. The number of benzene rings is 1. The summed E-state index contributed by atoms with van der Waals surface area (Å²) in [6.07, 6.45) is 0. The largest absolute Gasteiger partial charge is 0.194 e. The van der Waals surface area contributed by atoms with Gasteiger partial charge in [-0.2, -0.15) is 10.3 Å². The van der Waals surface area contributed by atoms with Crippen LogP contribution in [-0.4, -0.2) is 5.16 Å². The van der Waals surface area contributed by atoms with E-state index in [9.17, 15) is 0 Å². The molecule has 0 N–H and O–H groups in total. The van der Waals surface area contributed by atoms with E-state index < -0.39 is 0 Å². The maximum Gasteiger partial charge on any atom is 0.138 e. The zero-order valence-corrected chi connectivity index (χ0v) is 9.50. The molecule has 0 fully saturated rings. The zero-order chi connectivity index (χ0) is 10.6. The molecular formula is C10H8N2S2. The van der Waals surface area contributed by atoms with Crippen molar-refractivity contribution >= 4 is 34.8 Å². The molecule has 0 aliphatic heterocycles. The van der Waals surface area contributed by atoms with E-state index in [4.69, 9.17) is 5.26 Å². The first-order valence-electron chi connectivity index (χ1n) is 3.94. The van der Waals surface area contributed by atoms with E-state index in [1.54, 1.807) is 0 Å². The molecule has 1 rings (SSSR count). The van der Waals surface area contributed by atoms with Gasteiger partial charge in [-0.3, -0.25) is 0 Å². The van der Waals surface area contributed by atoms with Crippen LogP contribution in [0.4, 0.5) is 5.69 Å². The van der Waals surface area contributed by atoms with Crippen LogP contribution in [0.5, 0.6) is 0 Å². The van der Waals surface area contributed by atoms with Gasteiger partial charge in [0.25, 0.3) is 0 Å². The maximum absolute atomic E-state index is 8.55. The van der Waals surface area contributed by atoms with Crippen LogP contribution in [0.1, 0.15) is 11.1 Å². The number of thiocyanates is 1. The number of thiocarbonyl (C=S) groups is 1. The molecule has 70 valence electrons. The Morgan fingerprint density at radius 2 is 2.14 bits per heavy atom. The van der Waals surface area contributed by atoms with Crippen molar-refractivity contribution in [2.75, 3.05) is 0 Å². The van der Waals surface area contributed by atoms with Gasteiger partial charge in [0.1, 0.15) is 5.40 Å². The summed E-state index contributed by atoms with van der Waals surface area (Å²) < 4.78 is 0. The molecule has 2 nitrogen and oxygen atoms in total. The molecule has 0 aromatic heterocycles. The summed E-state index contributed by atoms with van der Waals surface area (Å²) in [7, 11) is 0. The standard InChI is InChI=1S/C10H8N2S2/c1-7-3-9(14-5-11)4-10(8(7)2)12-6-13/h3-4H,1-2H3. The molecule has 0 amide bonds. The topological polar surface area (TPSA) is 36.1 Å². The number of thioether (sulfide) groups is 1. The van der Waals surface area contributed by atoms with E-state index in [2.05, 4.69) is 22.4 Å². The summed E-state index contributed by atoms with van der Waals surface area (Å²) in [4.78, 5) is 4.84. The van der Waals surface area contributed by atoms with Crippen molar-refractivity contribution in [3.63, 3.8) is 0 Å². The van der Waals surface area contributed by atoms with Crippen LogP contribution < -0.4 is 0 Å². The fourth-order valence-electron chi connectivity index (χ4n) is 1.09. The second kappa shape index (κ2) is 4.92. The van der Waals surface area contributed by atoms with Crippen LogP contribution >= 0.6 is 24.0 Å². The first-order valence-corrected chi connectivity index (χ1v) is 5.16. The number of nitrogens with zero attached hydrogens (tertiary/aromatic N) is 2. The lowest BCUT2D eigenvalue weighted by atomic mass is 10.1. The molecule has 0 saturated heterocycles. The Bertz CT molecular complexity index is 440. The highest BCUT2D eigenvalue weighted by Crippen LogP contribution is 2.28. The van der Waals surface area contributed by atoms with E-state index in [1.807, 2.05) is 31.4 Å². The van der Waals surface area contributed by atoms with Crippen molar-refractivity contribution in [3.05, 3.63) is 23.3 Å². The van der Waals surface area contributed by atoms with Gasteiger partial charge in [-0.15, -0.1) is 0 Å². The van der Waals surface area contributed by atoms with Gasteiger partial charge < -0.3 is 0 Å². The summed E-state index contributed by atoms with van der Waals surface area (Å²) in [6.45, 7) is 3.96. The zero-order valence-electron chi connectivity index (χ0n) is 7.87. The van der Waals surface area contributed by atoms with Crippen molar-refractivity contribution in [1.82, 2.24) is 0 Å². The van der Waals surface area contributed by atoms with Crippen LogP contribution in [0.15, 0.2) is 22.0 Å². The number of aliphatic imine (C=N–C) groups is 1. The van der Waals surface area contributed by atoms with Crippen molar-refractivity contribution in [2.45, 2.75) is 18.7 Å². The molecule has 1 aromatic rings. The number of hydrogen-bond acceptors (Lipinski definition) is 4. The molecule has 4 heteroatoms. The molecule has 0 aliphatic carbocycles. The fraction of sp³-hybridized carbons (Fsp3) is 0.200. The number of rotatable bonds is 2. The SMILES string of the molecule is Cc1cc(SC#N)cc(N=C=S)c1C. The van der Waals surface area contributed by atoms with Gasteiger partial charge in [-0.1, -0.05) is 0 Å². The minimum atomic E-state index is 0.790. The third-order valence-corrected chi connectivity index (χ3v) is 2.60. The van der Waals surface area contributed by atoms with Crippen LogP contribution in [0, 0.1) is 24.5 Å². The molecule has 0 bridgehead atoms. The van der Waals surface area contributed by atoms with Gasteiger partial charge in [0.2, 0.25) is 0 Å². The molecule has 0 unspecified atom stereocenters. The minimum absolute atomic E-state index is 0.790. The molecule has 14 heavy (non-hydrogen) atoms. The Labute approximate surface area is 92.7 Å². The lowest BCUT2D eigenvalue weighted by Crippen LogP contribution is -1.82. The van der Waals surface area contributed by atoms with E-state index in [0.717, 1.165) is 33.5 Å². The Morgan fingerprint density at radius 3 is 2.71 bits per heavy atom. The molecular weight excluding hydrogens is 212 g/mol. The lowest BCUT2D eigenvalue weighted by molar-refractivity contribution is 1.26. The predicted octanol–water partition coefficient (Wildman–Crippen LogP) is 3.61. The summed E-state index contributed by atoms with van der Waals surface area (Å²) >= 11 is 5.68. The second-order valence-electron chi connectivity index (χ2n) is 2.78. The highest BCUT2D eigenvalue weighted by Gasteiger charge is 2.03. The lowest BCUT2D eigenvalue weighted by Gasteiger charge is -2.04. The Hall–Kier alpha value is -1.14. The average molecular weight is 220 g/mol. The average Bonchev–Trinajstić information content (AvgIpc) is 2.14. The monoisotopic (exact) mass is 220 g/mol. The summed E-state index contributed by atoms with van der Waals surface area (Å²) in [5, 5.41) is 12.9. The van der Waals surface area contributed by atoms with Crippen molar-refractivity contribution in [2.24, 2.45) is 4.99 Å². The van der Waals surface area contributed by atoms with Gasteiger partial charge in [0, 0.05) is 4.90 Å². The molecule has 0 heterocycles. The van der Waals surface area contributed by atoms with Crippen LogP contribution in [0.3, 0.4) is 0 Å². The smallest absolute Gasteiger partial charge is 0.138 e. The van der Waals surface area contributed by atoms with E-state index in [0.29, 0.717) is 0 Å². The molecule has 0 atom stereocenters. The number of aryl methyl sites for hydroxylation is 1. The molecule has 0 spiro atoms. The van der Waals surface area contributed by atoms with Gasteiger partial charge in [0.05, 0.1) is 10.8 Å². The highest BCUT2D eigenvalue weighted by atomic mass is 32.2. The molecule has 0 aliphatic rings. The van der Waals surface area contributed by atoms with Crippen molar-refractivity contribution < 1.29 is 0 Å². The van der Waals surface area contributed by atoms with E-state index in [-0.39, 0.29) is 0 Å².